The third-order valence-electron chi connectivity index (χ3n) is 2.40. The standard InChI is InChI=1S/C12H19FO2/c1-4-10(13)6-5-7-11-14-8-12(2,3)9-15-11/h1,10-11H,5-9H2,2-3H3. The molecular weight excluding hydrogens is 195 g/mol. The maximum atomic E-state index is 12.7. The molecule has 1 unspecified atom stereocenters. The van der Waals surface area contributed by atoms with Gasteiger partial charge in [-0.05, 0) is 19.3 Å². The van der Waals surface area contributed by atoms with Gasteiger partial charge in [0, 0.05) is 5.41 Å². The van der Waals surface area contributed by atoms with Crippen molar-refractivity contribution in [3.05, 3.63) is 0 Å². The van der Waals surface area contributed by atoms with Crippen molar-refractivity contribution in [3.8, 4) is 12.3 Å². The number of alkyl halides is 1. The molecule has 1 heterocycles. The molecule has 1 rings (SSSR count). The van der Waals surface area contributed by atoms with Crippen LogP contribution in [0.3, 0.4) is 0 Å². The van der Waals surface area contributed by atoms with E-state index in [1.807, 2.05) is 0 Å². The summed E-state index contributed by atoms with van der Waals surface area (Å²) in [7, 11) is 0. The van der Waals surface area contributed by atoms with Crippen molar-refractivity contribution < 1.29 is 13.9 Å². The molecule has 0 saturated carbocycles. The molecule has 3 heteroatoms. The Morgan fingerprint density at radius 2 is 2.07 bits per heavy atom. The highest BCUT2D eigenvalue weighted by atomic mass is 19.1. The molecule has 15 heavy (non-hydrogen) atoms. The lowest BCUT2D eigenvalue weighted by atomic mass is 9.95. The molecule has 0 radical (unpaired) electrons. The molecule has 0 aromatic rings. The highest BCUT2D eigenvalue weighted by Gasteiger charge is 2.27. The minimum absolute atomic E-state index is 0.0952. The first-order valence-electron chi connectivity index (χ1n) is 5.37. The van der Waals surface area contributed by atoms with E-state index in [2.05, 4.69) is 19.8 Å². The lowest BCUT2D eigenvalue weighted by molar-refractivity contribution is -0.224. The average molecular weight is 214 g/mol. The van der Waals surface area contributed by atoms with Crippen molar-refractivity contribution in [2.75, 3.05) is 13.2 Å². The molecule has 0 aliphatic carbocycles. The van der Waals surface area contributed by atoms with Crippen LogP contribution < -0.4 is 0 Å². The van der Waals surface area contributed by atoms with Crippen molar-refractivity contribution >= 4 is 0 Å². The molecular formula is C12H19FO2. The van der Waals surface area contributed by atoms with E-state index in [-0.39, 0.29) is 11.7 Å². The zero-order valence-electron chi connectivity index (χ0n) is 9.46. The summed E-state index contributed by atoms with van der Waals surface area (Å²) in [4.78, 5) is 0. The van der Waals surface area contributed by atoms with Gasteiger partial charge >= 0.3 is 0 Å². The Balaban J connectivity index is 2.12. The zero-order valence-corrected chi connectivity index (χ0v) is 9.46. The average Bonchev–Trinajstić information content (AvgIpc) is 2.20. The summed E-state index contributed by atoms with van der Waals surface area (Å²) < 4.78 is 23.7. The summed E-state index contributed by atoms with van der Waals surface area (Å²) in [6, 6.07) is 0. The second-order valence-electron chi connectivity index (χ2n) is 4.78. The Morgan fingerprint density at radius 3 is 2.60 bits per heavy atom. The first-order valence-corrected chi connectivity index (χ1v) is 5.37. The molecule has 2 nitrogen and oxygen atoms in total. The third kappa shape index (κ3) is 4.63. The lowest BCUT2D eigenvalue weighted by Crippen LogP contribution is -2.37. The van der Waals surface area contributed by atoms with Crippen LogP contribution in [0.25, 0.3) is 0 Å². The smallest absolute Gasteiger partial charge is 0.160 e. The lowest BCUT2D eigenvalue weighted by Gasteiger charge is -2.34. The Kier molecular flexibility index (Phi) is 4.56. The molecule has 0 spiro atoms. The zero-order chi connectivity index (χ0) is 11.3. The van der Waals surface area contributed by atoms with Gasteiger partial charge in [-0.2, -0.15) is 0 Å². The van der Waals surface area contributed by atoms with Crippen LogP contribution in [0, 0.1) is 17.8 Å². The number of ether oxygens (including phenoxy) is 2. The predicted molar refractivity (Wildman–Crippen MR) is 57.1 cm³/mol. The Hall–Kier alpha value is -0.590. The Labute approximate surface area is 91.1 Å². The van der Waals surface area contributed by atoms with Crippen LogP contribution in [-0.4, -0.2) is 25.7 Å². The van der Waals surface area contributed by atoms with Gasteiger partial charge in [0.1, 0.15) is 0 Å². The molecule has 1 saturated heterocycles. The number of hydrogen-bond acceptors (Lipinski definition) is 2. The van der Waals surface area contributed by atoms with E-state index in [0.717, 1.165) is 6.42 Å². The summed E-state index contributed by atoms with van der Waals surface area (Å²) >= 11 is 0. The molecule has 0 aromatic heterocycles. The summed E-state index contributed by atoms with van der Waals surface area (Å²) in [5.74, 6) is 2.07. The van der Waals surface area contributed by atoms with Gasteiger partial charge < -0.3 is 9.47 Å². The predicted octanol–water partition coefficient (Wildman–Crippen LogP) is 2.53. The minimum atomic E-state index is -1.13. The number of halogens is 1. The Morgan fingerprint density at radius 1 is 1.47 bits per heavy atom. The molecule has 86 valence electrons. The fraction of sp³-hybridized carbons (Fsp3) is 0.833. The highest BCUT2D eigenvalue weighted by Crippen LogP contribution is 2.25. The van der Waals surface area contributed by atoms with Crippen molar-refractivity contribution in [3.63, 3.8) is 0 Å². The van der Waals surface area contributed by atoms with Gasteiger partial charge in [-0.25, -0.2) is 4.39 Å². The number of rotatable bonds is 4. The monoisotopic (exact) mass is 214 g/mol. The van der Waals surface area contributed by atoms with Gasteiger partial charge in [0.05, 0.1) is 13.2 Å². The van der Waals surface area contributed by atoms with E-state index in [1.54, 1.807) is 0 Å². The summed E-state index contributed by atoms with van der Waals surface area (Å²) in [5.41, 5.74) is 0.0952. The van der Waals surface area contributed by atoms with E-state index in [1.165, 1.54) is 0 Å². The third-order valence-corrected chi connectivity index (χ3v) is 2.40. The van der Waals surface area contributed by atoms with Crippen LogP contribution in [0.15, 0.2) is 0 Å². The molecule has 1 aliphatic heterocycles. The number of terminal acetylenes is 1. The van der Waals surface area contributed by atoms with Crippen LogP contribution >= 0.6 is 0 Å². The summed E-state index contributed by atoms with van der Waals surface area (Å²) in [6.45, 7) is 5.59. The van der Waals surface area contributed by atoms with Crippen molar-refractivity contribution in [1.29, 1.82) is 0 Å². The largest absolute Gasteiger partial charge is 0.352 e. The topological polar surface area (TPSA) is 18.5 Å². The van der Waals surface area contributed by atoms with Gasteiger partial charge in [0.2, 0.25) is 0 Å². The van der Waals surface area contributed by atoms with Gasteiger partial charge in [0.25, 0.3) is 0 Å². The van der Waals surface area contributed by atoms with Gasteiger partial charge in [-0.3, -0.25) is 0 Å². The maximum Gasteiger partial charge on any atom is 0.160 e. The summed E-state index contributed by atoms with van der Waals surface area (Å²) in [5, 5.41) is 0. The van der Waals surface area contributed by atoms with Crippen LogP contribution in [0.1, 0.15) is 33.1 Å². The highest BCUT2D eigenvalue weighted by molar-refractivity contribution is 4.93. The maximum absolute atomic E-state index is 12.7. The van der Waals surface area contributed by atoms with Crippen molar-refractivity contribution in [2.24, 2.45) is 5.41 Å². The van der Waals surface area contributed by atoms with E-state index in [9.17, 15) is 4.39 Å². The van der Waals surface area contributed by atoms with Crippen molar-refractivity contribution in [2.45, 2.75) is 45.6 Å². The van der Waals surface area contributed by atoms with Gasteiger partial charge in [-0.15, -0.1) is 6.42 Å². The second kappa shape index (κ2) is 5.48. The van der Waals surface area contributed by atoms with Crippen LogP contribution in [0.4, 0.5) is 4.39 Å². The first-order chi connectivity index (χ1) is 7.03. The van der Waals surface area contributed by atoms with Gasteiger partial charge in [0.15, 0.2) is 12.5 Å². The van der Waals surface area contributed by atoms with Crippen LogP contribution in [0.5, 0.6) is 0 Å². The fourth-order valence-electron chi connectivity index (χ4n) is 1.44. The molecule has 0 aromatic carbocycles. The molecule has 0 bridgehead atoms. The Bertz CT molecular complexity index is 222. The molecule has 1 fully saturated rings. The quantitative estimate of drug-likeness (QED) is 0.669. The second-order valence-corrected chi connectivity index (χ2v) is 4.78. The first kappa shape index (κ1) is 12.5. The molecule has 0 amide bonds. The molecule has 1 aliphatic rings. The van der Waals surface area contributed by atoms with E-state index in [4.69, 9.17) is 15.9 Å². The van der Waals surface area contributed by atoms with E-state index in [0.29, 0.717) is 26.1 Å². The molecule has 0 N–H and O–H groups in total. The SMILES string of the molecule is C#CC(F)CCCC1OCC(C)(C)CO1. The number of hydrogen-bond donors (Lipinski definition) is 0. The van der Waals surface area contributed by atoms with Crippen LogP contribution in [0.2, 0.25) is 0 Å². The summed E-state index contributed by atoms with van der Waals surface area (Å²) in [6.07, 6.45) is 5.44. The van der Waals surface area contributed by atoms with Crippen LogP contribution in [-0.2, 0) is 9.47 Å². The normalized spacial score (nSPS) is 23.3. The fourth-order valence-corrected chi connectivity index (χ4v) is 1.44. The van der Waals surface area contributed by atoms with E-state index >= 15 is 0 Å². The van der Waals surface area contributed by atoms with Crippen molar-refractivity contribution in [1.82, 2.24) is 0 Å². The molecule has 1 atom stereocenters. The van der Waals surface area contributed by atoms with Gasteiger partial charge in [-0.1, -0.05) is 19.8 Å². The van der Waals surface area contributed by atoms with E-state index < -0.39 is 6.17 Å². The minimum Gasteiger partial charge on any atom is -0.352 e.